The first kappa shape index (κ1) is 33.6. The average Bonchev–Trinajstić information content (AvgIpc) is 2.98. The van der Waals surface area contributed by atoms with Gasteiger partial charge in [0.15, 0.2) is 5.78 Å². The number of Topliss-reactive ketones (excluding diaryl/α,β-unsaturated/α-hetero) is 1. The number of ketones is 1. The molecule has 0 aliphatic carbocycles. The van der Waals surface area contributed by atoms with Crippen LogP contribution in [0.1, 0.15) is 78.3 Å². The summed E-state index contributed by atoms with van der Waals surface area (Å²) in [6.45, 7) is 4.78. The number of aliphatic hydroxyl groups is 3. The Kier molecular flexibility index (Phi) is 10.2. The van der Waals surface area contributed by atoms with Crippen molar-refractivity contribution in [3.63, 3.8) is 0 Å². The molecule has 5 rings (SSSR count). The van der Waals surface area contributed by atoms with E-state index < -0.39 is 73.4 Å². The van der Waals surface area contributed by atoms with Crippen molar-refractivity contribution < 1.29 is 64.3 Å². The summed E-state index contributed by atoms with van der Waals surface area (Å²) >= 11 is 0. The minimum absolute atomic E-state index is 0.0172. The predicted molar refractivity (Wildman–Crippen MR) is 160 cm³/mol. The lowest BCUT2D eigenvalue weighted by Gasteiger charge is -2.39. The van der Waals surface area contributed by atoms with Gasteiger partial charge in [0.25, 0.3) is 0 Å². The molecule has 3 heterocycles. The van der Waals surface area contributed by atoms with Gasteiger partial charge in [-0.25, -0.2) is 4.79 Å². The Labute approximate surface area is 265 Å². The fourth-order valence-electron chi connectivity index (χ4n) is 6.41. The van der Waals surface area contributed by atoms with Crippen LogP contribution in [0.15, 0.2) is 36.4 Å². The van der Waals surface area contributed by atoms with Crippen LogP contribution >= 0.6 is 0 Å². The second kappa shape index (κ2) is 14.0. The summed E-state index contributed by atoms with van der Waals surface area (Å²) in [5.41, 5.74) is 1.63. The van der Waals surface area contributed by atoms with E-state index >= 15 is 0 Å². The quantitative estimate of drug-likeness (QED) is 0.186. The summed E-state index contributed by atoms with van der Waals surface area (Å²) in [4.78, 5) is 24.3. The molecule has 7 unspecified atom stereocenters. The molecule has 2 aromatic carbocycles. The van der Waals surface area contributed by atoms with E-state index in [2.05, 4.69) is 6.58 Å². The first-order valence-corrected chi connectivity index (χ1v) is 15.2. The van der Waals surface area contributed by atoms with Gasteiger partial charge in [-0.3, -0.25) is 4.79 Å². The Balaban J connectivity index is 1.50. The third-order valence-corrected chi connectivity index (χ3v) is 8.73. The number of rotatable bonds is 10. The highest BCUT2D eigenvalue weighted by atomic mass is 16.6. The van der Waals surface area contributed by atoms with E-state index in [-0.39, 0.29) is 53.7 Å². The molecule has 2 aromatic rings. The molecule has 250 valence electrons. The third kappa shape index (κ3) is 7.30. The van der Waals surface area contributed by atoms with Gasteiger partial charge in [0, 0.05) is 24.1 Å². The van der Waals surface area contributed by atoms with Gasteiger partial charge in [0.1, 0.15) is 53.5 Å². The van der Waals surface area contributed by atoms with Gasteiger partial charge < -0.3 is 54.7 Å². The van der Waals surface area contributed by atoms with E-state index in [0.717, 1.165) is 12.5 Å². The molecule has 0 saturated carbocycles. The SMILES string of the molecule is C=C(Cc1cc(C2CC(=O)c3c(O)cc(O)cc3O2)cc(C2CC(OCC(=O)O)C(O)C(CO)O2)c1O)CC1O[C@@H](C)CCC1O. The summed E-state index contributed by atoms with van der Waals surface area (Å²) in [5.74, 6) is -2.60. The molecular formula is C33H40O13. The summed E-state index contributed by atoms with van der Waals surface area (Å²) in [6.07, 6.45) is -5.06. The Morgan fingerprint density at radius 2 is 1.80 bits per heavy atom. The van der Waals surface area contributed by atoms with Gasteiger partial charge in [0.2, 0.25) is 0 Å². The minimum Gasteiger partial charge on any atom is -0.508 e. The topological polar surface area (TPSA) is 213 Å². The van der Waals surface area contributed by atoms with Crippen LogP contribution in [0, 0.1) is 0 Å². The molecule has 8 atom stereocenters. The van der Waals surface area contributed by atoms with Crippen molar-refractivity contribution in [1.82, 2.24) is 0 Å². The van der Waals surface area contributed by atoms with Crippen molar-refractivity contribution in [2.75, 3.05) is 13.2 Å². The molecule has 13 nitrogen and oxygen atoms in total. The number of ether oxygens (including phenoxy) is 4. The normalized spacial score (nSPS) is 29.5. The van der Waals surface area contributed by atoms with Crippen LogP contribution in [-0.4, -0.2) is 97.3 Å². The van der Waals surface area contributed by atoms with E-state index in [1.807, 2.05) is 6.92 Å². The summed E-state index contributed by atoms with van der Waals surface area (Å²) < 4.78 is 23.4. The number of hydrogen-bond donors (Lipinski definition) is 7. The maximum atomic E-state index is 13.1. The molecule has 0 bridgehead atoms. The zero-order valence-electron chi connectivity index (χ0n) is 25.4. The van der Waals surface area contributed by atoms with E-state index in [4.69, 9.17) is 24.1 Å². The third-order valence-electron chi connectivity index (χ3n) is 8.73. The first-order chi connectivity index (χ1) is 21.8. The molecular weight excluding hydrogens is 604 g/mol. The molecule has 3 aliphatic heterocycles. The maximum Gasteiger partial charge on any atom is 0.329 e. The molecule has 2 fully saturated rings. The number of hydrogen-bond acceptors (Lipinski definition) is 12. The molecule has 0 amide bonds. The number of carboxylic acid groups (broad SMARTS) is 1. The van der Waals surface area contributed by atoms with Crippen molar-refractivity contribution in [3.8, 4) is 23.0 Å². The molecule has 46 heavy (non-hydrogen) atoms. The van der Waals surface area contributed by atoms with Crippen LogP contribution in [0.2, 0.25) is 0 Å². The fourth-order valence-corrected chi connectivity index (χ4v) is 6.41. The summed E-state index contributed by atoms with van der Waals surface area (Å²) in [5, 5.41) is 72.1. The zero-order chi connectivity index (χ0) is 33.3. The predicted octanol–water partition coefficient (Wildman–Crippen LogP) is 2.58. The Hall–Kier alpha value is -3.72. The number of carbonyl (C=O) groups is 2. The van der Waals surface area contributed by atoms with Crippen molar-refractivity contribution >= 4 is 11.8 Å². The van der Waals surface area contributed by atoms with E-state index in [1.54, 1.807) is 12.1 Å². The lowest BCUT2D eigenvalue weighted by atomic mass is 9.87. The van der Waals surface area contributed by atoms with Crippen LogP contribution in [0.5, 0.6) is 23.0 Å². The smallest absolute Gasteiger partial charge is 0.329 e. The van der Waals surface area contributed by atoms with Crippen molar-refractivity contribution in [2.45, 2.75) is 94.3 Å². The van der Waals surface area contributed by atoms with Gasteiger partial charge in [-0.15, -0.1) is 0 Å². The Morgan fingerprint density at radius 1 is 1.04 bits per heavy atom. The van der Waals surface area contributed by atoms with Crippen LogP contribution in [0.25, 0.3) is 0 Å². The van der Waals surface area contributed by atoms with Gasteiger partial charge >= 0.3 is 5.97 Å². The number of phenolic OH excluding ortho intramolecular Hbond substituents is 3. The average molecular weight is 645 g/mol. The molecule has 2 saturated heterocycles. The Morgan fingerprint density at radius 3 is 2.52 bits per heavy atom. The highest BCUT2D eigenvalue weighted by Gasteiger charge is 2.41. The van der Waals surface area contributed by atoms with Crippen LogP contribution in [0.3, 0.4) is 0 Å². The summed E-state index contributed by atoms with van der Waals surface area (Å²) in [7, 11) is 0. The van der Waals surface area contributed by atoms with E-state index in [9.17, 15) is 40.2 Å². The van der Waals surface area contributed by atoms with Crippen molar-refractivity contribution in [1.29, 1.82) is 0 Å². The fraction of sp³-hybridized carbons (Fsp3) is 0.515. The Bertz CT molecular complexity index is 1470. The molecule has 0 radical (unpaired) electrons. The van der Waals surface area contributed by atoms with Gasteiger partial charge in [0.05, 0.1) is 43.5 Å². The number of fused-ring (bicyclic) bond motifs is 1. The largest absolute Gasteiger partial charge is 0.508 e. The standard InChI is InChI=1S/C33H40O13/c1-15(6-26-21(36)4-3-16(2)44-26)5-18-7-17(24-11-23(38)31-22(37)9-19(35)10-27(31)45-24)8-20(32(18)41)25-12-28(43-14-30(39)40)33(42)29(13-34)46-25/h7-10,16,21,24-26,28-29,33-37,41-42H,1,3-6,11-14H2,2H3,(H,39,40)/t16-,21?,24?,25?,26?,28?,29?,33?/m0/s1. The van der Waals surface area contributed by atoms with Crippen LogP contribution in [0.4, 0.5) is 0 Å². The number of phenols is 3. The van der Waals surface area contributed by atoms with Crippen molar-refractivity contribution in [2.24, 2.45) is 0 Å². The number of benzene rings is 2. The molecule has 7 N–H and O–H groups in total. The minimum atomic E-state index is -1.34. The second-order valence-electron chi connectivity index (χ2n) is 12.3. The first-order valence-electron chi connectivity index (χ1n) is 15.2. The number of carboxylic acids is 1. The highest BCUT2D eigenvalue weighted by Crippen LogP contribution is 2.45. The van der Waals surface area contributed by atoms with Gasteiger partial charge in [-0.1, -0.05) is 12.2 Å². The molecule has 13 heteroatoms. The lowest BCUT2D eigenvalue weighted by molar-refractivity contribution is -0.198. The molecule has 0 spiro atoms. The zero-order valence-corrected chi connectivity index (χ0v) is 25.4. The van der Waals surface area contributed by atoms with Crippen molar-refractivity contribution in [3.05, 3.63) is 58.7 Å². The van der Waals surface area contributed by atoms with Crippen LogP contribution < -0.4 is 4.74 Å². The van der Waals surface area contributed by atoms with E-state index in [1.165, 1.54) is 6.07 Å². The van der Waals surface area contributed by atoms with Gasteiger partial charge in [-0.05, 0) is 55.9 Å². The van der Waals surface area contributed by atoms with Gasteiger partial charge in [-0.2, -0.15) is 0 Å². The summed E-state index contributed by atoms with van der Waals surface area (Å²) in [6, 6.07) is 5.48. The number of aliphatic hydroxyl groups excluding tert-OH is 3. The number of carbonyl (C=O) groups excluding carboxylic acids is 1. The molecule has 3 aliphatic rings. The maximum absolute atomic E-state index is 13.1. The van der Waals surface area contributed by atoms with E-state index in [0.29, 0.717) is 29.5 Å². The second-order valence-corrected chi connectivity index (χ2v) is 12.3. The highest BCUT2D eigenvalue weighted by molar-refractivity contribution is 6.02. The monoisotopic (exact) mass is 644 g/mol. The lowest BCUT2D eigenvalue weighted by Crippen LogP contribution is -2.49. The number of aliphatic carboxylic acids is 1. The number of aromatic hydroxyl groups is 3. The molecule has 0 aromatic heterocycles. The van der Waals surface area contributed by atoms with Crippen LogP contribution in [-0.2, 0) is 25.4 Å².